The fourth-order valence-corrected chi connectivity index (χ4v) is 10.5. The molecule has 2 heterocycles. The molecule has 0 aromatic heterocycles. The maximum Gasteiger partial charge on any atom is 0.143 e. The predicted octanol–water partition coefficient (Wildman–Crippen LogP) is -9.63. The van der Waals surface area contributed by atoms with Gasteiger partial charge in [0.2, 0.25) is 0 Å². The number of hydrogen-bond donors (Lipinski definition) is 8. The van der Waals surface area contributed by atoms with Crippen molar-refractivity contribution in [2.45, 2.75) is 72.8 Å². The molecular formula is C22H40B6O24P4-4. The third-order valence-electron chi connectivity index (χ3n) is 7.18. The lowest BCUT2D eigenvalue weighted by molar-refractivity contribution is -0.212. The molecule has 0 aliphatic carbocycles. The molecule has 0 spiro atoms. The largest absolute Gasteiger partial charge is 0.778 e. The van der Waals surface area contributed by atoms with Crippen LogP contribution in [0.15, 0.2) is 0 Å². The van der Waals surface area contributed by atoms with Crippen LogP contribution in [0.1, 0.15) is 0 Å². The second kappa shape index (κ2) is 25.4. The summed E-state index contributed by atoms with van der Waals surface area (Å²) in [4.78, 5) is 47.4. The molecule has 0 amide bonds. The first-order chi connectivity index (χ1) is 25.9. The van der Waals surface area contributed by atoms with Gasteiger partial charge in [-0.05, 0) is 0 Å². The van der Waals surface area contributed by atoms with Crippen LogP contribution in [0.25, 0.3) is 0 Å². The number of ether oxygens (including phenoxy) is 4. The van der Waals surface area contributed by atoms with Crippen molar-refractivity contribution >= 4 is 75.9 Å². The number of aliphatic hydroxyl groups is 8. The smallest absolute Gasteiger partial charge is 0.143 e. The van der Waals surface area contributed by atoms with Crippen molar-refractivity contribution < 1.29 is 116 Å². The third-order valence-corrected chi connectivity index (χ3v) is 14.9. The summed E-state index contributed by atoms with van der Waals surface area (Å²) in [6.45, 7) is -5.49. The molecule has 34 heteroatoms. The highest BCUT2D eigenvalue weighted by atomic mass is 31.2. The van der Waals surface area contributed by atoms with Crippen LogP contribution in [0.5, 0.6) is 0 Å². The van der Waals surface area contributed by atoms with E-state index in [1.807, 2.05) is 0 Å². The molecule has 0 bridgehead atoms. The standard InChI is InChI=1S/C11H20B3O12P2.C11H24B3O12P2/c12-10-8(17)6(15)4(25-10)1-23-27(19,20)3-28(21,22)24-2-5-7(16)9(18)11(14-13)26-5;12-10(3-17)25-8(1-15)5-23-27(19,20)7-28(21,22)24-6-9(2-16)26-11(4-18)14-13/h4-11,15-18H,1-3H2,(H,19,20)(H,21,22);8-11,15-18H,1-7H2,(H,19,20)(H,21,22)/p-4/t4-,5-,6?,7+,8?,9?,10-,11-;8-,9-,10+,11+/m10/s1. The lowest BCUT2D eigenvalue weighted by Crippen LogP contribution is -2.36. The van der Waals surface area contributed by atoms with Crippen LogP contribution in [0.3, 0.4) is 0 Å². The van der Waals surface area contributed by atoms with Gasteiger partial charge in [-0.3, -0.25) is 0 Å². The van der Waals surface area contributed by atoms with E-state index in [0.717, 1.165) is 14.3 Å². The van der Waals surface area contributed by atoms with E-state index in [1.54, 1.807) is 0 Å². The Bertz CT molecular complexity index is 1330. The van der Waals surface area contributed by atoms with E-state index in [1.165, 1.54) is 0 Å². The zero-order valence-corrected chi connectivity index (χ0v) is 32.9. The van der Waals surface area contributed by atoms with Crippen molar-refractivity contribution in [3.8, 4) is 0 Å². The maximum atomic E-state index is 11.9. The van der Waals surface area contributed by atoms with Crippen LogP contribution in [0.2, 0.25) is 0 Å². The monoisotopic (exact) mass is 878 g/mol. The summed E-state index contributed by atoms with van der Waals surface area (Å²) in [5, 5.41) is 74.2. The van der Waals surface area contributed by atoms with Crippen LogP contribution in [0.4, 0.5) is 0 Å². The van der Waals surface area contributed by atoms with Gasteiger partial charge in [-0.15, -0.1) is 0 Å². The first-order valence-corrected chi connectivity index (χ1v) is 23.0. The Hall–Kier alpha value is 0.510. The van der Waals surface area contributed by atoms with Gasteiger partial charge in [0.15, 0.2) is 0 Å². The molecule has 2 aliphatic heterocycles. The summed E-state index contributed by atoms with van der Waals surface area (Å²) in [6.07, 6.45) is -10.8. The minimum Gasteiger partial charge on any atom is -0.778 e. The van der Waals surface area contributed by atoms with E-state index >= 15 is 0 Å². The van der Waals surface area contributed by atoms with Crippen molar-refractivity contribution in [2.24, 2.45) is 0 Å². The van der Waals surface area contributed by atoms with Crippen LogP contribution in [-0.2, 0) is 55.3 Å². The Kier molecular flexibility index (Phi) is 24.8. The lowest BCUT2D eigenvalue weighted by atomic mass is 9.50. The summed E-state index contributed by atoms with van der Waals surface area (Å²) in [7, 11) is 3.03. The highest BCUT2D eigenvalue weighted by molar-refractivity contribution is 7.69. The molecule has 0 aromatic carbocycles. The molecule has 0 saturated carbocycles. The summed E-state index contributed by atoms with van der Waals surface area (Å²) in [5.41, 5.74) is 0. The average molecular weight is 877 g/mol. The highest BCUT2D eigenvalue weighted by Crippen LogP contribution is 2.54. The zero-order valence-electron chi connectivity index (χ0n) is 29.4. The van der Waals surface area contributed by atoms with Crippen LogP contribution >= 0.6 is 30.4 Å². The van der Waals surface area contributed by atoms with Crippen molar-refractivity contribution in [3.63, 3.8) is 0 Å². The van der Waals surface area contributed by atoms with E-state index in [9.17, 15) is 58.3 Å². The van der Waals surface area contributed by atoms with Crippen molar-refractivity contribution in [2.75, 3.05) is 64.7 Å². The molecule has 2 rings (SSSR count). The van der Waals surface area contributed by atoms with Gasteiger partial charge in [-0.25, -0.2) is 0 Å². The van der Waals surface area contributed by atoms with Crippen molar-refractivity contribution in [1.29, 1.82) is 0 Å². The quantitative estimate of drug-likeness (QED) is 0.0295. The fraction of sp³-hybridized carbons (Fsp3) is 1.00. The molecular weight excluding hydrogens is 837 g/mol. The molecule has 2 fully saturated rings. The molecule has 7 unspecified atom stereocenters. The minimum absolute atomic E-state index is 0.528. The topological polar surface area (TPSA) is 396 Å². The first-order valence-electron chi connectivity index (χ1n) is 16.1. The van der Waals surface area contributed by atoms with Crippen molar-refractivity contribution in [1.82, 2.24) is 0 Å². The summed E-state index contributed by atoms with van der Waals surface area (Å²) >= 11 is 0. The normalized spacial score (nSPS) is 31.6. The van der Waals surface area contributed by atoms with Gasteiger partial charge in [0.25, 0.3) is 0 Å². The van der Waals surface area contributed by atoms with Gasteiger partial charge in [-0.1, -0.05) is 0 Å². The molecule has 0 aromatic rings. The van der Waals surface area contributed by atoms with Gasteiger partial charge >= 0.3 is 0 Å². The number of hydrogen-bond acceptors (Lipinski definition) is 24. The van der Waals surface area contributed by atoms with Gasteiger partial charge in [0, 0.05) is 39.5 Å². The van der Waals surface area contributed by atoms with Crippen LogP contribution < -0.4 is 19.6 Å². The highest BCUT2D eigenvalue weighted by Gasteiger charge is 2.42. The molecule has 314 valence electrons. The van der Waals surface area contributed by atoms with Gasteiger partial charge < -0.3 is 116 Å². The molecule has 24 nitrogen and oxygen atoms in total. The fourth-order valence-electron chi connectivity index (χ4n) is 4.30. The van der Waals surface area contributed by atoms with Gasteiger partial charge in [0.1, 0.15) is 82.7 Å². The minimum atomic E-state index is -4.98. The molecule has 10 radical (unpaired) electrons. The zero-order chi connectivity index (χ0) is 43.1. The molecule has 2 aliphatic rings. The number of aliphatic hydroxyl groups excluding tert-OH is 8. The van der Waals surface area contributed by atoms with Crippen LogP contribution in [0, 0.1) is 0 Å². The maximum absolute atomic E-state index is 11.9. The second-order valence-electron chi connectivity index (χ2n) is 11.9. The van der Waals surface area contributed by atoms with E-state index in [-0.39, 0.29) is 0 Å². The lowest BCUT2D eigenvalue weighted by Gasteiger charge is -2.33. The Morgan fingerprint density at radius 1 is 0.625 bits per heavy atom. The van der Waals surface area contributed by atoms with Crippen molar-refractivity contribution in [3.05, 3.63) is 0 Å². The molecule has 16 atom stereocenters. The second-order valence-corrected chi connectivity index (χ2v) is 20.0. The Balaban J connectivity index is 0.000000560. The third kappa shape index (κ3) is 19.9. The van der Waals surface area contributed by atoms with E-state index in [4.69, 9.17) is 70.5 Å². The molecule has 8 N–H and O–H groups in total. The molecule has 2 saturated heterocycles. The van der Waals surface area contributed by atoms with Gasteiger partial charge in [0.05, 0.1) is 91.2 Å². The first kappa shape index (κ1) is 54.5. The predicted molar refractivity (Wildman–Crippen MR) is 186 cm³/mol. The van der Waals surface area contributed by atoms with E-state index in [0.29, 0.717) is 0 Å². The summed E-state index contributed by atoms with van der Waals surface area (Å²) in [5.74, 6) is -3.02. The van der Waals surface area contributed by atoms with Gasteiger partial charge in [-0.2, -0.15) is 0 Å². The Morgan fingerprint density at radius 2 is 1.05 bits per heavy atom. The average Bonchev–Trinajstić information content (AvgIpc) is 3.54. The summed E-state index contributed by atoms with van der Waals surface area (Å²) in [6, 6.07) is -4.46. The van der Waals surface area contributed by atoms with E-state index < -0.39 is 168 Å². The Labute approximate surface area is 328 Å². The van der Waals surface area contributed by atoms with Crippen LogP contribution in [-0.4, -0.2) is 224 Å². The SMILES string of the molecule is [B][B][C@@H](CO)O[C@@H](CO)COP(=O)([O-])CP(=O)([O-])OC[C@H](CO)O[C@@H]([B])CO.[B][B][C@@H]1O[C@H](COP(=O)([O-])CP(=O)([O-])OC[C@H]2O[C@@H]([B])C(O)C2O)[C@H](O)C1O. The Morgan fingerprint density at radius 3 is 1.41 bits per heavy atom. The number of rotatable bonds is 26. The molecule has 56 heavy (non-hydrogen) atoms. The van der Waals surface area contributed by atoms with E-state index in [2.05, 4.69) is 18.1 Å². The summed E-state index contributed by atoms with van der Waals surface area (Å²) < 4.78 is 85.3.